The Hall–Kier alpha value is -2.01. The van der Waals surface area contributed by atoms with Gasteiger partial charge >= 0.3 is 0 Å². The molecule has 124 valence electrons. The van der Waals surface area contributed by atoms with Crippen molar-refractivity contribution in [3.8, 4) is 11.5 Å². The van der Waals surface area contributed by atoms with Gasteiger partial charge in [-0.2, -0.15) is 0 Å². The third kappa shape index (κ3) is 3.50. The van der Waals surface area contributed by atoms with Crippen molar-refractivity contribution in [2.75, 3.05) is 32.6 Å². The number of methoxy groups -OCH3 is 2. The van der Waals surface area contributed by atoms with E-state index in [4.69, 9.17) is 9.47 Å². The Bertz CT molecular complexity index is 654. The Morgan fingerprint density at radius 1 is 1.30 bits per heavy atom. The van der Waals surface area contributed by atoms with Gasteiger partial charge in [0.05, 0.1) is 25.4 Å². The van der Waals surface area contributed by atoms with Gasteiger partial charge in [0.15, 0.2) is 11.5 Å². The molecule has 0 saturated carbocycles. The van der Waals surface area contributed by atoms with E-state index in [1.165, 1.54) is 19.3 Å². The quantitative estimate of drug-likeness (QED) is 0.857. The second-order valence-electron chi connectivity index (χ2n) is 5.92. The summed E-state index contributed by atoms with van der Waals surface area (Å²) >= 11 is 0. The first-order chi connectivity index (χ1) is 11.3. The predicted octanol–water partition coefficient (Wildman–Crippen LogP) is 3.20. The largest absolute Gasteiger partial charge is 0.493 e. The molecule has 1 aromatic carbocycles. The van der Waals surface area contributed by atoms with E-state index in [0.717, 1.165) is 47.6 Å². The highest BCUT2D eigenvalue weighted by Gasteiger charge is 2.15. The van der Waals surface area contributed by atoms with Crippen molar-refractivity contribution in [3.63, 3.8) is 0 Å². The third-order valence-corrected chi connectivity index (χ3v) is 4.45. The summed E-state index contributed by atoms with van der Waals surface area (Å²) in [6, 6.07) is 6.52. The molecule has 0 aliphatic carbocycles. The van der Waals surface area contributed by atoms with Gasteiger partial charge in [0.1, 0.15) is 0 Å². The average molecular weight is 315 g/mol. The van der Waals surface area contributed by atoms with E-state index < -0.39 is 0 Å². The molecule has 23 heavy (non-hydrogen) atoms. The second-order valence-corrected chi connectivity index (χ2v) is 5.92. The summed E-state index contributed by atoms with van der Waals surface area (Å²) in [5.74, 6) is 1.46. The summed E-state index contributed by atoms with van der Waals surface area (Å²) in [6.07, 6.45) is 6.82. The molecule has 1 aromatic heterocycles. The number of nitrogens with one attached hydrogen (secondary N) is 2. The molecule has 1 fully saturated rings. The summed E-state index contributed by atoms with van der Waals surface area (Å²) in [7, 11) is 3.32. The highest BCUT2D eigenvalue weighted by Crippen LogP contribution is 2.39. The van der Waals surface area contributed by atoms with Gasteiger partial charge in [-0.1, -0.05) is 6.42 Å². The van der Waals surface area contributed by atoms with Crippen molar-refractivity contribution in [1.29, 1.82) is 0 Å². The van der Waals surface area contributed by atoms with Crippen LogP contribution in [0.2, 0.25) is 0 Å². The molecule has 1 aliphatic rings. The van der Waals surface area contributed by atoms with Crippen molar-refractivity contribution >= 4 is 16.6 Å². The molecule has 1 aliphatic heterocycles. The second kappa shape index (κ2) is 7.51. The number of fused-ring (bicyclic) bond motifs is 1. The summed E-state index contributed by atoms with van der Waals surface area (Å²) in [4.78, 5) is 4.52. The summed E-state index contributed by atoms with van der Waals surface area (Å²) in [5, 5.41) is 8.07. The van der Waals surface area contributed by atoms with Gasteiger partial charge in [0, 0.05) is 30.2 Å². The van der Waals surface area contributed by atoms with Crippen molar-refractivity contribution < 1.29 is 9.47 Å². The van der Waals surface area contributed by atoms with Crippen LogP contribution in [0.5, 0.6) is 11.5 Å². The standard InChI is InChI=1S/C18H25N3O2/c1-22-16-12-15(20-11-8-13-6-3-4-9-19-13)17-14(18(16)23-2)7-5-10-21-17/h5,7,10,12-13,19-20H,3-4,6,8-9,11H2,1-2H3. The number of benzene rings is 1. The number of rotatable bonds is 6. The first kappa shape index (κ1) is 15.9. The lowest BCUT2D eigenvalue weighted by Crippen LogP contribution is -2.35. The van der Waals surface area contributed by atoms with Gasteiger partial charge in [-0.3, -0.25) is 4.98 Å². The summed E-state index contributed by atoms with van der Waals surface area (Å²) in [6.45, 7) is 2.06. The van der Waals surface area contributed by atoms with Crippen LogP contribution in [0.1, 0.15) is 25.7 Å². The maximum absolute atomic E-state index is 5.50. The molecule has 0 spiro atoms. The number of hydrogen-bond donors (Lipinski definition) is 2. The molecule has 1 atom stereocenters. The molecule has 5 heteroatoms. The number of hydrogen-bond acceptors (Lipinski definition) is 5. The molecule has 0 radical (unpaired) electrons. The van der Waals surface area contributed by atoms with Crippen LogP contribution >= 0.6 is 0 Å². The van der Waals surface area contributed by atoms with Crippen LogP contribution in [0.25, 0.3) is 10.9 Å². The van der Waals surface area contributed by atoms with Crippen LogP contribution in [-0.2, 0) is 0 Å². The number of aromatic nitrogens is 1. The smallest absolute Gasteiger partial charge is 0.170 e. The Morgan fingerprint density at radius 3 is 2.96 bits per heavy atom. The lowest BCUT2D eigenvalue weighted by Gasteiger charge is -2.23. The minimum absolute atomic E-state index is 0.621. The molecule has 3 rings (SSSR count). The molecule has 1 saturated heterocycles. The van der Waals surface area contributed by atoms with Crippen LogP contribution in [0.4, 0.5) is 5.69 Å². The zero-order valence-electron chi connectivity index (χ0n) is 13.9. The van der Waals surface area contributed by atoms with E-state index in [1.54, 1.807) is 14.2 Å². The van der Waals surface area contributed by atoms with E-state index in [9.17, 15) is 0 Å². The molecule has 1 unspecified atom stereocenters. The highest BCUT2D eigenvalue weighted by molar-refractivity contribution is 5.97. The fourth-order valence-corrected chi connectivity index (χ4v) is 3.25. The fourth-order valence-electron chi connectivity index (χ4n) is 3.25. The van der Waals surface area contributed by atoms with Crippen LogP contribution in [0.3, 0.4) is 0 Å². The number of anilines is 1. The van der Waals surface area contributed by atoms with Crippen molar-refractivity contribution in [1.82, 2.24) is 10.3 Å². The van der Waals surface area contributed by atoms with Gasteiger partial charge in [0.2, 0.25) is 0 Å². The fraction of sp³-hybridized carbons (Fsp3) is 0.500. The van der Waals surface area contributed by atoms with Crippen molar-refractivity contribution in [3.05, 3.63) is 24.4 Å². The summed E-state index contributed by atoms with van der Waals surface area (Å²) < 4.78 is 11.0. The highest BCUT2D eigenvalue weighted by atomic mass is 16.5. The van der Waals surface area contributed by atoms with E-state index >= 15 is 0 Å². The Balaban J connectivity index is 1.79. The molecule has 0 amide bonds. The predicted molar refractivity (Wildman–Crippen MR) is 93.6 cm³/mol. The lowest BCUT2D eigenvalue weighted by molar-refractivity contribution is 0.358. The van der Waals surface area contributed by atoms with Gasteiger partial charge in [-0.15, -0.1) is 0 Å². The Kier molecular flexibility index (Phi) is 5.18. The van der Waals surface area contributed by atoms with Crippen molar-refractivity contribution in [2.45, 2.75) is 31.7 Å². The van der Waals surface area contributed by atoms with E-state index in [-0.39, 0.29) is 0 Å². The average Bonchev–Trinajstić information content (AvgIpc) is 2.62. The molecule has 2 heterocycles. The number of ether oxygens (including phenoxy) is 2. The molecular formula is C18H25N3O2. The van der Waals surface area contributed by atoms with Crippen LogP contribution < -0.4 is 20.1 Å². The lowest BCUT2D eigenvalue weighted by atomic mass is 10.0. The van der Waals surface area contributed by atoms with Gasteiger partial charge in [-0.25, -0.2) is 0 Å². The molecule has 0 bridgehead atoms. The number of piperidine rings is 1. The minimum atomic E-state index is 0.621. The van der Waals surface area contributed by atoms with Crippen LogP contribution in [-0.4, -0.2) is 38.3 Å². The van der Waals surface area contributed by atoms with E-state index in [1.807, 2.05) is 24.4 Å². The van der Waals surface area contributed by atoms with Gasteiger partial charge in [0.25, 0.3) is 0 Å². The van der Waals surface area contributed by atoms with Crippen LogP contribution in [0, 0.1) is 0 Å². The zero-order chi connectivity index (χ0) is 16.1. The first-order valence-corrected chi connectivity index (χ1v) is 8.30. The maximum atomic E-state index is 5.50. The number of nitrogens with zero attached hydrogens (tertiary/aromatic N) is 1. The Labute approximate surface area is 137 Å². The molecule has 5 nitrogen and oxygen atoms in total. The first-order valence-electron chi connectivity index (χ1n) is 8.30. The monoisotopic (exact) mass is 315 g/mol. The SMILES string of the molecule is COc1cc(NCCC2CCCCN2)c2ncccc2c1OC. The van der Waals surface area contributed by atoms with Gasteiger partial charge in [-0.05, 0) is 37.9 Å². The van der Waals surface area contributed by atoms with Gasteiger partial charge < -0.3 is 20.1 Å². The zero-order valence-corrected chi connectivity index (χ0v) is 13.9. The maximum Gasteiger partial charge on any atom is 0.170 e. The topological polar surface area (TPSA) is 55.4 Å². The van der Waals surface area contributed by atoms with Crippen LogP contribution in [0.15, 0.2) is 24.4 Å². The summed E-state index contributed by atoms with van der Waals surface area (Å²) in [5.41, 5.74) is 1.91. The molecular weight excluding hydrogens is 290 g/mol. The normalized spacial score (nSPS) is 17.9. The third-order valence-electron chi connectivity index (χ3n) is 4.45. The minimum Gasteiger partial charge on any atom is -0.493 e. The van der Waals surface area contributed by atoms with Crippen molar-refractivity contribution in [2.24, 2.45) is 0 Å². The number of pyridine rings is 1. The Morgan fingerprint density at radius 2 is 2.22 bits per heavy atom. The van der Waals surface area contributed by atoms with E-state index in [0.29, 0.717) is 6.04 Å². The molecule has 2 aromatic rings. The van der Waals surface area contributed by atoms with E-state index in [2.05, 4.69) is 15.6 Å². The molecule has 2 N–H and O–H groups in total.